The van der Waals surface area contributed by atoms with E-state index in [0.29, 0.717) is 5.02 Å². The topological polar surface area (TPSA) is 55.9 Å². The Balaban J connectivity index is 2.58. The Bertz CT molecular complexity index is 604. The number of hydrogen-bond acceptors (Lipinski definition) is 3. The van der Waals surface area contributed by atoms with Crippen molar-refractivity contribution in [2.45, 2.75) is 39.8 Å². The van der Waals surface area contributed by atoms with E-state index in [1.807, 2.05) is 10.7 Å². The van der Waals surface area contributed by atoms with Crippen LogP contribution in [0.4, 0.5) is 0 Å². The summed E-state index contributed by atoms with van der Waals surface area (Å²) in [5, 5.41) is 4.98. The van der Waals surface area contributed by atoms with E-state index < -0.39 is 0 Å². The van der Waals surface area contributed by atoms with Crippen molar-refractivity contribution in [3.05, 3.63) is 51.8 Å². The van der Waals surface area contributed by atoms with E-state index in [-0.39, 0.29) is 12.1 Å². The number of halogens is 1. The summed E-state index contributed by atoms with van der Waals surface area (Å²) in [5.41, 5.74) is 7.34. The number of benzene rings is 1. The van der Waals surface area contributed by atoms with E-state index in [0.717, 1.165) is 11.3 Å². The molecule has 0 radical (unpaired) electrons. The molecule has 2 rings (SSSR count). The maximum atomic E-state index is 6.33. The summed E-state index contributed by atoms with van der Waals surface area (Å²) < 4.78 is 1.91. The first-order valence-corrected chi connectivity index (χ1v) is 7.10. The largest absolute Gasteiger partial charge is 0.271 e. The molecule has 2 aromatic rings. The predicted molar refractivity (Wildman–Crippen MR) is 82.7 cm³/mol. The fraction of sp³-hybridized carbons (Fsp3) is 0.400. The van der Waals surface area contributed by atoms with Crippen LogP contribution in [-0.2, 0) is 0 Å². The maximum Gasteiger partial charge on any atom is 0.0896 e. The number of hydrogen-bond donors (Lipinski definition) is 2. The molecule has 0 aliphatic rings. The maximum absolute atomic E-state index is 6.33. The third-order valence-electron chi connectivity index (χ3n) is 3.67. The van der Waals surface area contributed by atoms with Crippen LogP contribution < -0.4 is 11.3 Å². The first kappa shape index (κ1) is 15.0. The normalized spacial score (nSPS) is 12.9. The Labute approximate surface area is 124 Å². The third kappa shape index (κ3) is 2.59. The fourth-order valence-corrected chi connectivity index (χ4v) is 2.67. The number of nitrogens with one attached hydrogen (secondary N) is 1. The van der Waals surface area contributed by atoms with Crippen LogP contribution >= 0.6 is 11.6 Å². The Morgan fingerprint density at radius 1 is 1.30 bits per heavy atom. The van der Waals surface area contributed by atoms with Gasteiger partial charge in [-0.1, -0.05) is 29.8 Å². The lowest BCUT2D eigenvalue weighted by Crippen LogP contribution is -2.32. The summed E-state index contributed by atoms with van der Waals surface area (Å²) in [6, 6.07) is 6.24. The summed E-state index contributed by atoms with van der Waals surface area (Å²) in [4.78, 5) is 0. The number of nitrogens with zero attached hydrogens (tertiary/aromatic N) is 2. The van der Waals surface area contributed by atoms with Gasteiger partial charge in [0.05, 0.1) is 23.0 Å². The van der Waals surface area contributed by atoms with Crippen LogP contribution in [0.1, 0.15) is 48.3 Å². The summed E-state index contributed by atoms with van der Waals surface area (Å²) >= 11 is 6.33. The van der Waals surface area contributed by atoms with E-state index >= 15 is 0 Å². The molecular weight excluding hydrogens is 272 g/mol. The number of nitrogens with two attached hydrogens (primary N) is 1. The molecule has 0 fully saturated rings. The van der Waals surface area contributed by atoms with Gasteiger partial charge in [0.1, 0.15) is 0 Å². The van der Waals surface area contributed by atoms with Gasteiger partial charge in [-0.15, -0.1) is 0 Å². The SMILES string of the molecule is Cc1cccc(C(NN)c2c(Cl)cnn2C(C)C)c1C. The predicted octanol–water partition coefficient (Wildman–Crippen LogP) is 3.29. The zero-order chi connectivity index (χ0) is 14.9. The summed E-state index contributed by atoms with van der Waals surface area (Å²) in [5.74, 6) is 5.80. The van der Waals surface area contributed by atoms with Crippen LogP contribution in [-0.4, -0.2) is 9.78 Å². The molecule has 1 heterocycles. The molecule has 20 heavy (non-hydrogen) atoms. The molecular formula is C15H21ClN4. The zero-order valence-corrected chi connectivity index (χ0v) is 13.1. The zero-order valence-electron chi connectivity index (χ0n) is 12.3. The van der Waals surface area contributed by atoms with Gasteiger partial charge in [0, 0.05) is 6.04 Å². The van der Waals surface area contributed by atoms with Crippen LogP contribution in [0.15, 0.2) is 24.4 Å². The molecule has 3 N–H and O–H groups in total. The molecule has 4 nitrogen and oxygen atoms in total. The number of aryl methyl sites for hydroxylation is 1. The average molecular weight is 293 g/mol. The highest BCUT2D eigenvalue weighted by molar-refractivity contribution is 6.31. The first-order valence-electron chi connectivity index (χ1n) is 6.72. The van der Waals surface area contributed by atoms with Gasteiger partial charge in [0.15, 0.2) is 0 Å². The van der Waals surface area contributed by atoms with E-state index in [1.165, 1.54) is 11.1 Å². The highest BCUT2D eigenvalue weighted by atomic mass is 35.5. The van der Waals surface area contributed by atoms with Crippen molar-refractivity contribution >= 4 is 11.6 Å². The van der Waals surface area contributed by atoms with Gasteiger partial charge in [-0.05, 0) is 44.4 Å². The number of aromatic nitrogens is 2. The monoisotopic (exact) mass is 292 g/mol. The van der Waals surface area contributed by atoms with Crippen molar-refractivity contribution in [3.63, 3.8) is 0 Å². The summed E-state index contributed by atoms with van der Waals surface area (Å²) in [6.07, 6.45) is 1.67. The summed E-state index contributed by atoms with van der Waals surface area (Å²) in [6.45, 7) is 8.33. The smallest absolute Gasteiger partial charge is 0.0896 e. The first-order chi connectivity index (χ1) is 9.47. The van der Waals surface area contributed by atoms with Crippen molar-refractivity contribution in [1.82, 2.24) is 15.2 Å². The number of rotatable bonds is 4. The van der Waals surface area contributed by atoms with Crippen molar-refractivity contribution in [2.24, 2.45) is 5.84 Å². The second-order valence-corrected chi connectivity index (χ2v) is 5.71. The molecule has 108 valence electrons. The van der Waals surface area contributed by atoms with Crippen molar-refractivity contribution < 1.29 is 0 Å². The van der Waals surface area contributed by atoms with E-state index in [2.05, 4.69) is 50.4 Å². The van der Waals surface area contributed by atoms with Gasteiger partial charge in [-0.25, -0.2) is 5.43 Å². The van der Waals surface area contributed by atoms with E-state index in [4.69, 9.17) is 17.4 Å². The minimum absolute atomic E-state index is 0.174. The molecule has 0 saturated carbocycles. The summed E-state index contributed by atoms with van der Waals surface area (Å²) in [7, 11) is 0. The van der Waals surface area contributed by atoms with Crippen LogP contribution in [0, 0.1) is 13.8 Å². The minimum Gasteiger partial charge on any atom is -0.271 e. The fourth-order valence-electron chi connectivity index (χ4n) is 2.43. The molecule has 0 aliphatic carbocycles. The van der Waals surface area contributed by atoms with Crippen LogP contribution in [0.3, 0.4) is 0 Å². The molecule has 5 heteroatoms. The van der Waals surface area contributed by atoms with Crippen molar-refractivity contribution in [3.8, 4) is 0 Å². The average Bonchev–Trinajstić information content (AvgIpc) is 2.78. The standard InChI is InChI=1S/C15H21ClN4/c1-9(2)20-15(13(16)8-18-20)14(19-17)12-7-5-6-10(3)11(12)4/h5-9,14,19H,17H2,1-4H3. The van der Waals surface area contributed by atoms with Crippen molar-refractivity contribution in [2.75, 3.05) is 0 Å². The van der Waals surface area contributed by atoms with Gasteiger partial charge < -0.3 is 0 Å². The van der Waals surface area contributed by atoms with Gasteiger partial charge in [0.25, 0.3) is 0 Å². The molecule has 0 saturated heterocycles. The Morgan fingerprint density at radius 2 is 2.00 bits per heavy atom. The lowest BCUT2D eigenvalue weighted by molar-refractivity contribution is 0.476. The quantitative estimate of drug-likeness (QED) is 0.671. The Hall–Kier alpha value is -1.36. The molecule has 0 amide bonds. The highest BCUT2D eigenvalue weighted by Gasteiger charge is 2.23. The molecule has 1 aromatic carbocycles. The van der Waals surface area contributed by atoms with Gasteiger partial charge in [-0.3, -0.25) is 10.5 Å². The molecule has 0 aliphatic heterocycles. The van der Waals surface area contributed by atoms with Gasteiger partial charge in [0.2, 0.25) is 0 Å². The van der Waals surface area contributed by atoms with Gasteiger partial charge >= 0.3 is 0 Å². The molecule has 1 unspecified atom stereocenters. The van der Waals surface area contributed by atoms with Crippen LogP contribution in [0.25, 0.3) is 0 Å². The van der Waals surface area contributed by atoms with Crippen molar-refractivity contribution in [1.29, 1.82) is 0 Å². The molecule has 0 spiro atoms. The minimum atomic E-state index is -0.174. The lowest BCUT2D eigenvalue weighted by atomic mass is 9.95. The lowest BCUT2D eigenvalue weighted by Gasteiger charge is -2.23. The number of hydrazine groups is 1. The Kier molecular flexibility index (Phi) is 4.48. The highest BCUT2D eigenvalue weighted by Crippen LogP contribution is 2.31. The van der Waals surface area contributed by atoms with E-state index in [1.54, 1.807) is 6.20 Å². The van der Waals surface area contributed by atoms with Crippen LogP contribution in [0.2, 0.25) is 5.02 Å². The molecule has 1 aromatic heterocycles. The molecule has 1 atom stereocenters. The Morgan fingerprint density at radius 3 is 2.60 bits per heavy atom. The second kappa shape index (κ2) is 5.95. The van der Waals surface area contributed by atoms with Gasteiger partial charge in [-0.2, -0.15) is 5.10 Å². The second-order valence-electron chi connectivity index (χ2n) is 5.30. The van der Waals surface area contributed by atoms with Crippen LogP contribution in [0.5, 0.6) is 0 Å². The molecule has 0 bridgehead atoms. The van der Waals surface area contributed by atoms with E-state index in [9.17, 15) is 0 Å². The third-order valence-corrected chi connectivity index (χ3v) is 3.96.